The number of nitrogens with zero attached hydrogens (tertiary/aromatic N) is 2. The van der Waals surface area contributed by atoms with E-state index >= 15 is 0 Å². The Morgan fingerprint density at radius 1 is 1.33 bits per heavy atom. The maximum atomic E-state index is 6.07. The molecule has 1 aromatic heterocycles. The van der Waals surface area contributed by atoms with E-state index in [4.69, 9.17) is 15.0 Å². The van der Waals surface area contributed by atoms with Crippen molar-refractivity contribution < 1.29 is 9.26 Å². The van der Waals surface area contributed by atoms with Gasteiger partial charge < -0.3 is 15.0 Å². The van der Waals surface area contributed by atoms with Gasteiger partial charge in [0.1, 0.15) is 5.75 Å². The SMILES string of the molecule is COc1ccc(-c2noc(CC(N)CC(C)C)n2)cc1C. The summed E-state index contributed by atoms with van der Waals surface area (Å²) >= 11 is 0. The molecule has 5 heteroatoms. The third-order valence-electron chi connectivity index (χ3n) is 3.33. The Labute approximate surface area is 125 Å². The van der Waals surface area contributed by atoms with Gasteiger partial charge in [0.15, 0.2) is 0 Å². The van der Waals surface area contributed by atoms with E-state index in [2.05, 4.69) is 24.0 Å². The first-order chi connectivity index (χ1) is 9.99. The molecule has 0 spiro atoms. The Morgan fingerprint density at radius 3 is 2.71 bits per heavy atom. The zero-order valence-electron chi connectivity index (χ0n) is 13.1. The van der Waals surface area contributed by atoms with Crippen LogP contribution in [0.3, 0.4) is 0 Å². The van der Waals surface area contributed by atoms with Gasteiger partial charge in [0.05, 0.1) is 7.11 Å². The molecule has 1 aromatic carbocycles. The highest BCUT2D eigenvalue weighted by Gasteiger charge is 2.14. The molecular weight excluding hydrogens is 266 g/mol. The van der Waals surface area contributed by atoms with Crippen LogP contribution in [-0.2, 0) is 6.42 Å². The van der Waals surface area contributed by atoms with Crippen molar-refractivity contribution in [3.63, 3.8) is 0 Å². The molecule has 5 nitrogen and oxygen atoms in total. The summed E-state index contributed by atoms with van der Waals surface area (Å²) in [5.41, 5.74) is 8.03. The van der Waals surface area contributed by atoms with Crippen molar-refractivity contribution in [3.8, 4) is 17.1 Å². The molecule has 0 bridgehead atoms. The minimum absolute atomic E-state index is 0.0518. The molecule has 0 radical (unpaired) electrons. The van der Waals surface area contributed by atoms with Crippen molar-refractivity contribution in [1.82, 2.24) is 10.1 Å². The number of nitrogens with two attached hydrogens (primary N) is 1. The van der Waals surface area contributed by atoms with Crippen LogP contribution in [-0.4, -0.2) is 23.3 Å². The lowest BCUT2D eigenvalue weighted by Crippen LogP contribution is -2.24. The highest BCUT2D eigenvalue weighted by molar-refractivity contribution is 5.58. The summed E-state index contributed by atoms with van der Waals surface area (Å²) < 4.78 is 10.5. The average molecular weight is 289 g/mol. The van der Waals surface area contributed by atoms with E-state index in [-0.39, 0.29) is 6.04 Å². The van der Waals surface area contributed by atoms with Gasteiger partial charge in [0.25, 0.3) is 0 Å². The van der Waals surface area contributed by atoms with Crippen LogP contribution in [0.25, 0.3) is 11.4 Å². The molecule has 0 saturated carbocycles. The first kappa shape index (κ1) is 15.5. The summed E-state index contributed by atoms with van der Waals surface area (Å²) in [5.74, 6) is 2.59. The first-order valence-electron chi connectivity index (χ1n) is 7.22. The molecule has 2 N–H and O–H groups in total. The van der Waals surface area contributed by atoms with Gasteiger partial charge in [-0.2, -0.15) is 4.98 Å². The van der Waals surface area contributed by atoms with Crippen LogP contribution >= 0.6 is 0 Å². The Hall–Kier alpha value is -1.88. The Morgan fingerprint density at radius 2 is 2.10 bits per heavy atom. The molecule has 21 heavy (non-hydrogen) atoms. The molecule has 1 heterocycles. The molecule has 0 saturated heterocycles. The maximum absolute atomic E-state index is 6.07. The van der Waals surface area contributed by atoms with Crippen LogP contribution in [0.15, 0.2) is 22.7 Å². The normalized spacial score (nSPS) is 12.7. The van der Waals surface area contributed by atoms with E-state index in [1.165, 1.54) is 0 Å². The summed E-state index contributed by atoms with van der Waals surface area (Å²) in [4.78, 5) is 4.43. The van der Waals surface area contributed by atoms with Crippen molar-refractivity contribution in [2.45, 2.75) is 39.7 Å². The number of hydrogen-bond acceptors (Lipinski definition) is 5. The molecule has 0 aliphatic heterocycles. The van der Waals surface area contributed by atoms with Gasteiger partial charge in [-0.15, -0.1) is 0 Å². The van der Waals surface area contributed by atoms with Crippen molar-refractivity contribution in [3.05, 3.63) is 29.7 Å². The van der Waals surface area contributed by atoms with Crippen LogP contribution in [0, 0.1) is 12.8 Å². The fraction of sp³-hybridized carbons (Fsp3) is 0.500. The zero-order valence-corrected chi connectivity index (χ0v) is 13.1. The van der Waals surface area contributed by atoms with Gasteiger partial charge in [-0.05, 0) is 43.0 Å². The van der Waals surface area contributed by atoms with Gasteiger partial charge in [-0.1, -0.05) is 19.0 Å². The summed E-state index contributed by atoms with van der Waals surface area (Å²) in [7, 11) is 1.66. The lowest BCUT2D eigenvalue weighted by Gasteiger charge is -2.10. The number of ether oxygens (including phenoxy) is 1. The summed E-state index contributed by atoms with van der Waals surface area (Å²) in [6.45, 7) is 6.29. The molecule has 0 aliphatic carbocycles. The van der Waals surface area contributed by atoms with Crippen molar-refractivity contribution in [1.29, 1.82) is 0 Å². The monoisotopic (exact) mass is 289 g/mol. The predicted octanol–water partition coefficient (Wildman–Crippen LogP) is 2.97. The number of aromatic nitrogens is 2. The van der Waals surface area contributed by atoms with Gasteiger partial charge in [0, 0.05) is 18.0 Å². The molecule has 0 aliphatic rings. The Bertz CT molecular complexity index is 593. The molecule has 1 atom stereocenters. The Balaban J connectivity index is 2.10. The van der Waals surface area contributed by atoms with Crippen molar-refractivity contribution in [2.24, 2.45) is 11.7 Å². The standard InChI is InChI=1S/C16H23N3O2/c1-10(2)7-13(17)9-15-18-16(19-21-15)12-5-6-14(20-4)11(3)8-12/h5-6,8,10,13H,7,9,17H2,1-4H3. The molecule has 2 aromatic rings. The molecule has 2 rings (SSSR count). The van der Waals surface area contributed by atoms with E-state index in [1.54, 1.807) is 7.11 Å². The third-order valence-corrected chi connectivity index (χ3v) is 3.33. The van der Waals surface area contributed by atoms with E-state index in [9.17, 15) is 0 Å². The quantitative estimate of drug-likeness (QED) is 0.885. The highest BCUT2D eigenvalue weighted by Crippen LogP contribution is 2.24. The average Bonchev–Trinajstić information content (AvgIpc) is 2.86. The summed E-state index contributed by atoms with van der Waals surface area (Å²) in [6, 6.07) is 5.87. The second kappa shape index (κ2) is 6.72. The van der Waals surface area contributed by atoms with Gasteiger partial charge >= 0.3 is 0 Å². The second-order valence-corrected chi connectivity index (χ2v) is 5.79. The van der Waals surface area contributed by atoms with E-state index in [1.807, 2.05) is 25.1 Å². The number of benzene rings is 1. The Kier molecular flexibility index (Phi) is 4.96. The van der Waals surface area contributed by atoms with Gasteiger partial charge in [-0.3, -0.25) is 0 Å². The number of methoxy groups -OCH3 is 1. The lowest BCUT2D eigenvalue weighted by molar-refractivity contribution is 0.359. The van der Waals surface area contributed by atoms with Crippen LogP contribution < -0.4 is 10.5 Å². The van der Waals surface area contributed by atoms with Crippen molar-refractivity contribution in [2.75, 3.05) is 7.11 Å². The van der Waals surface area contributed by atoms with Crippen LogP contribution in [0.5, 0.6) is 5.75 Å². The van der Waals surface area contributed by atoms with Crippen molar-refractivity contribution >= 4 is 0 Å². The minimum Gasteiger partial charge on any atom is -0.496 e. The topological polar surface area (TPSA) is 74.2 Å². The van der Waals surface area contributed by atoms with E-state index in [0.29, 0.717) is 24.1 Å². The zero-order chi connectivity index (χ0) is 15.4. The largest absolute Gasteiger partial charge is 0.496 e. The smallest absolute Gasteiger partial charge is 0.228 e. The fourth-order valence-electron chi connectivity index (χ4n) is 2.39. The van der Waals surface area contributed by atoms with Gasteiger partial charge in [0.2, 0.25) is 11.7 Å². The second-order valence-electron chi connectivity index (χ2n) is 5.79. The van der Waals surface area contributed by atoms with E-state index < -0.39 is 0 Å². The highest BCUT2D eigenvalue weighted by atomic mass is 16.5. The number of hydrogen-bond donors (Lipinski definition) is 1. The summed E-state index contributed by atoms with van der Waals surface area (Å²) in [6.07, 6.45) is 1.56. The van der Waals surface area contributed by atoms with Crippen LogP contribution in [0.1, 0.15) is 31.7 Å². The molecule has 0 amide bonds. The maximum Gasteiger partial charge on any atom is 0.228 e. The first-order valence-corrected chi connectivity index (χ1v) is 7.22. The molecule has 114 valence electrons. The minimum atomic E-state index is 0.0518. The predicted molar refractivity (Wildman–Crippen MR) is 82.2 cm³/mol. The molecular formula is C16H23N3O2. The lowest BCUT2D eigenvalue weighted by atomic mass is 10.0. The fourth-order valence-corrected chi connectivity index (χ4v) is 2.39. The van der Waals surface area contributed by atoms with Crippen LogP contribution in [0.4, 0.5) is 0 Å². The van der Waals surface area contributed by atoms with E-state index in [0.717, 1.165) is 23.3 Å². The molecule has 1 unspecified atom stereocenters. The number of rotatable bonds is 6. The molecule has 0 fully saturated rings. The van der Waals surface area contributed by atoms with Gasteiger partial charge in [-0.25, -0.2) is 0 Å². The summed E-state index contributed by atoms with van der Waals surface area (Å²) in [5, 5.41) is 4.03. The van der Waals surface area contributed by atoms with Crippen LogP contribution in [0.2, 0.25) is 0 Å². The number of aryl methyl sites for hydroxylation is 1. The third kappa shape index (κ3) is 4.04.